The lowest BCUT2D eigenvalue weighted by Crippen LogP contribution is -2.18. The van der Waals surface area contributed by atoms with Crippen LogP contribution in [0.3, 0.4) is 0 Å². The quantitative estimate of drug-likeness (QED) is 0.896. The van der Waals surface area contributed by atoms with Gasteiger partial charge in [0.05, 0.1) is 0 Å². The van der Waals surface area contributed by atoms with E-state index in [1.165, 1.54) is 31.5 Å². The van der Waals surface area contributed by atoms with Crippen LogP contribution in [-0.4, -0.2) is 23.9 Å². The van der Waals surface area contributed by atoms with Crippen LogP contribution in [0.25, 0.3) is 0 Å². The molecular formula is C19H21ClN2O. The van der Waals surface area contributed by atoms with Crippen molar-refractivity contribution in [2.45, 2.75) is 26.3 Å². The maximum atomic E-state index is 12.3. The van der Waals surface area contributed by atoms with E-state index >= 15 is 0 Å². The Morgan fingerprint density at radius 3 is 2.48 bits per heavy atom. The standard InChI is InChI=1S/C19H21ClN2O/c1-14-4-9-17(12-18(14)20)21-19(23)16-7-5-15(6-8-16)13-22-10-2-3-11-22/h4-9,12H,2-3,10-11,13H2,1H3,(H,21,23). The number of anilines is 1. The Hall–Kier alpha value is -1.84. The van der Waals surface area contributed by atoms with Gasteiger partial charge < -0.3 is 5.32 Å². The fourth-order valence-electron chi connectivity index (χ4n) is 2.83. The van der Waals surface area contributed by atoms with Crippen LogP contribution in [0.5, 0.6) is 0 Å². The summed E-state index contributed by atoms with van der Waals surface area (Å²) in [6, 6.07) is 13.4. The van der Waals surface area contributed by atoms with E-state index < -0.39 is 0 Å². The Morgan fingerprint density at radius 2 is 1.83 bits per heavy atom. The van der Waals surface area contributed by atoms with Crippen LogP contribution in [0, 0.1) is 6.92 Å². The van der Waals surface area contributed by atoms with Gasteiger partial charge in [0.15, 0.2) is 0 Å². The van der Waals surface area contributed by atoms with Gasteiger partial charge in [-0.25, -0.2) is 0 Å². The number of benzene rings is 2. The van der Waals surface area contributed by atoms with E-state index in [9.17, 15) is 4.79 Å². The molecule has 1 amide bonds. The molecule has 0 bridgehead atoms. The Bertz CT molecular complexity index is 691. The number of hydrogen-bond acceptors (Lipinski definition) is 2. The van der Waals surface area contributed by atoms with Gasteiger partial charge in [-0.2, -0.15) is 0 Å². The highest BCUT2D eigenvalue weighted by Gasteiger charge is 2.12. The van der Waals surface area contributed by atoms with E-state index in [-0.39, 0.29) is 5.91 Å². The molecule has 3 rings (SSSR count). The summed E-state index contributed by atoms with van der Waals surface area (Å²) < 4.78 is 0. The van der Waals surface area contributed by atoms with Gasteiger partial charge in [-0.1, -0.05) is 29.8 Å². The molecule has 23 heavy (non-hydrogen) atoms. The van der Waals surface area contributed by atoms with Gasteiger partial charge in [-0.3, -0.25) is 9.69 Å². The molecule has 120 valence electrons. The number of halogens is 1. The number of nitrogens with one attached hydrogen (secondary N) is 1. The Morgan fingerprint density at radius 1 is 1.13 bits per heavy atom. The first kappa shape index (κ1) is 16.0. The predicted molar refractivity (Wildman–Crippen MR) is 95.1 cm³/mol. The van der Waals surface area contributed by atoms with E-state index in [1.54, 1.807) is 6.07 Å². The van der Waals surface area contributed by atoms with Crippen LogP contribution in [0.1, 0.15) is 34.3 Å². The topological polar surface area (TPSA) is 32.3 Å². The molecule has 0 spiro atoms. The molecule has 0 atom stereocenters. The lowest BCUT2D eigenvalue weighted by Gasteiger charge is -2.14. The smallest absolute Gasteiger partial charge is 0.255 e. The number of aryl methyl sites for hydroxylation is 1. The normalized spacial score (nSPS) is 14.9. The van der Waals surface area contributed by atoms with E-state index in [0.29, 0.717) is 16.3 Å². The average molecular weight is 329 g/mol. The third-order valence-corrected chi connectivity index (χ3v) is 4.66. The fourth-order valence-corrected chi connectivity index (χ4v) is 3.01. The molecule has 2 aromatic rings. The van der Waals surface area contributed by atoms with E-state index in [1.807, 2.05) is 43.3 Å². The first-order valence-corrected chi connectivity index (χ1v) is 8.38. The van der Waals surface area contributed by atoms with Gasteiger partial charge in [0.1, 0.15) is 0 Å². The molecule has 1 aliphatic heterocycles. The summed E-state index contributed by atoms with van der Waals surface area (Å²) in [6.45, 7) is 5.26. The maximum Gasteiger partial charge on any atom is 0.255 e. The summed E-state index contributed by atoms with van der Waals surface area (Å²) in [5, 5.41) is 3.54. The molecule has 0 unspecified atom stereocenters. The Balaban J connectivity index is 1.63. The average Bonchev–Trinajstić information content (AvgIpc) is 3.04. The second kappa shape index (κ2) is 7.16. The molecular weight excluding hydrogens is 308 g/mol. The summed E-state index contributed by atoms with van der Waals surface area (Å²) in [4.78, 5) is 14.7. The van der Waals surface area contributed by atoms with Crippen LogP contribution >= 0.6 is 11.6 Å². The number of carbonyl (C=O) groups excluding carboxylic acids is 1. The zero-order valence-corrected chi connectivity index (χ0v) is 14.1. The minimum absolute atomic E-state index is 0.113. The van der Waals surface area contributed by atoms with Crippen molar-refractivity contribution < 1.29 is 4.79 Å². The van der Waals surface area contributed by atoms with Crippen molar-refractivity contribution in [3.05, 3.63) is 64.2 Å². The van der Waals surface area contributed by atoms with Crippen molar-refractivity contribution in [1.29, 1.82) is 0 Å². The first-order valence-electron chi connectivity index (χ1n) is 8.00. The predicted octanol–water partition coefficient (Wildman–Crippen LogP) is 4.50. The van der Waals surface area contributed by atoms with Gasteiger partial charge in [-0.05, 0) is 68.2 Å². The molecule has 2 aromatic carbocycles. The van der Waals surface area contributed by atoms with Gasteiger partial charge in [0.25, 0.3) is 5.91 Å². The molecule has 0 aliphatic carbocycles. The molecule has 1 aliphatic rings. The number of likely N-dealkylation sites (tertiary alicyclic amines) is 1. The number of nitrogens with zero attached hydrogens (tertiary/aromatic N) is 1. The van der Waals surface area contributed by atoms with Gasteiger partial charge in [0, 0.05) is 22.8 Å². The van der Waals surface area contributed by atoms with Crippen LogP contribution in [-0.2, 0) is 6.54 Å². The minimum atomic E-state index is -0.113. The van der Waals surface area contributed by atoms with Crippen molar-refractivity contribution in [2.75, 3.05) is 18.4 Å². The maximum absolute atomic E-state index is 12.3. The largest absolute Gasteiger partial charge is 0.322 e. The summed E-state index contributed by atoms with van der Waals surface area (Å²) in [5.74, 6) is -0.113. The lowest BCUT2D eigenvalue weighted by atomic mass is 10.1. The second-order valence-corrected chi connectivity index (χ2v) is 6.51. The molecule has 1 N–H and O–H groups in total. The SMILES string of the molecule is Cc1ccc(NC(=O)c2ccc(CN3CCCC3)cc2)cc1Cl. The van der Waals surface area contributed by atoms with Gasteiger partial charge >= 0.3 is 0 Å². The van der Waals surface area contributed by atoms with Crippen LogP contribution in [0.4, 0.5) is 5.69 Å². The molecule has 1 fully saturated rings. The number of amides is 1. The third-order valence-electron chi connectivity index (χ3n) is 4.25. The summed E-state index contributed by atoms with van der Waals surface area (Å²) >= 11 is 6.09. The fraction of sp³-hybridized carbons (Fsp3) is 0.316. The van der Waals surface area contributed by atoms with Crippen molar-refractivity contribution in [1.82, 2.24) is 4.90 Å². The van der Waals surface area contributed by atoms with Crippen LogP contribution in [0.15, 0.2) is 42.5 Å². The summed E-state index contributed by atoms with van der Waals surface area (Å²) in [5.41, 5.74) is 3.62. The Labute approximate surface area is 142 Å². The van der Waals surface area contributed by atoms with E-state index in [2.05, 4.69) is 10.2 Å². The highest BCUT2D eigenvalue weighted by molar-refractivity contribution is 6.31. The highest BCUT2D eigenvalue weighted by atomic mass is 35.5. The number of hydrogen-bond donors (Lipinski definition) is 1. The van der Waals surface area contributed by atoms with Crippen molar-refractivity contribution in [2.24, 2.45) is 0 Å². The molecule has 0 saturated carbocycles. The van der Waals surface area contributed by atoms with E-state index in [0.717, 1.165) is 12.1 Å². The number of carbonyl (C=O) groups is 1. The molecule has 0 radical (unpaired) electrons. The summed E-state index contributed by atoms with van der Waals surface area (Å²) in [6.07, 6.45) is 2.58. The van der Waals surface area contributed by atoms with Crippen LogP contribution < -0.4 is 5.32 Å². The van der Waals surface area contributed by atoms with Crippen molar-refractivity contribution in [3.63, 3.8) is 0 Å². The highest BCUT2D eigenvalue weighted by Crippen LogP contribution is 2.20. The zero-order chi connectivity index (χ0) is 16.2. The molecule has 3 nitrogen and oxygen atoms in total. The third kappa shape index (κ3) is 4.12. The Kier molecular flexibility index (Phi) is 4.99. The van der Waals surface area contributed by atoms with Crippen molar-refractivity contribution >= 4 is 23.2 Å². The molecule has 4 heteroatoms. The first-order chi connectivity index (χ1) is 11.1. The molecule has 1 saturated heterocycles. The van der Waals surface area contributed by atoms with Gasteiger partial charge in [0.2, 0.25) is 0 Å². The van der Waals surface area contributed by atoms with Gasteiger partial charge in [-0.15, -0.1) is 0 Å². The lowest BCUT2D eigenvalue weighted by molar-refractivity contribution is 0.102. The minimum Gasteiger partial charge on any atom is -0.322 e. The second-order valence-electron chi connectivity index (χ2n) is 6.10. The summed E-state index contributed by atoms with van der Waals surface area (Å²) in [7, 11) is 0. The monoisotopic (exact) mass is 328 g/mol. The number of rotatable bonds is 4. The zero-order valence-electron chi connectivity index (χ0n) is 13.3. The molecule has 0 aromatic heterocycles. The molecule has 1 heterocycles. The van der Waals surface area contributed by atoms with Crippen LogP contribution in [0.2, 0.25) is 5.02 Å². The van der Waals surface area contributed by atoms with E-state index in [4.69, 9.17) is 11.6 Å². The van der Waals surface area contributed by atoms with Crippen molar-refractivity contribution in [3.8, 4) is 0 Å².